The number of anilines is 1. The lowest BCUT2D eigenvalue weighted by Crippen LogP contribution is -2.46. The Balaban J connectivity index is 2.30. The first-order valence-electron chi connectivity index (χ1n) is 7.60. The first kappa shape index (κ1) is 17.2. The average molecular weight is 355 g/mol. The third-order valence-electron chi connectivity index (χ3n) is 4.38. The van der Waals surface area contributed by atoms with Crippen molar-refractivity contribution in [3.63, 3.8) is 0 Å². The molecule has 25 heavy (non-hydrogen) atoms. The number of aromatic nitrogens is 1. The number of halogens is 3. The molecule has 0 bridgehead atoms. The van der Waals surface area contributed by atoms with E-state index >= 15 is 0 Å². The van der Waals surface area contributed by atoms with Crippen LogP contribution in [0.5, 0.6) is 0 Å². The molecule has 0 saturated heterocycles. The lowest BCUT2D eigenvalue weighted by Gasteiger charge is -2.39. The molecule has 0 aromatic carbocycles. The van der Waals surface area contributed by atoms with Crippen LogP contribution >= 0.6 is 0 Å². The number of carbonyl (C=O) groups is 1. The van der Waals surface area contributed by atoms with Gasteiger partial charge in [0, 0.05) is 12.1 Å². The smallest absolute Gasteiger partial charge is 0.417 e. The summed E-state index contributed by atoms with van der Waals surface area (Å²) in [7, 11) is 0. The van der Waals surface area contributed by atoms with E-state index in [0.29, 0.717) is 18.1 Å². The number of fused-ring (bicyclic) bond motifs is 2. The van der Waals surface area contributed by atoms with Crippen molar-refractivity contribution in [2.45, 2.75) is 38.4 Å². The SMILES string of the molecule is CC1CC(C)N(CC(=O)[O-])c2nc3oc(=O)cc(C(F)(F)F)c3cc21. The highest BCUT2D eigenvalue weighted by Crippen LogP contribution is 2.41. The largest absolute Gasteiger partial charge is 0.548 e. The van der Waals surface area contributed by atoms with Crippen molar-refractivity contribution in [1.82, 2.24) is 4.98 Å². The predicted molar refractivity (Wildman–Crippen MR) is 80.1 cm³/mol. The van der Waals surface area contributed by atoms with Gasteiger partial charge in [-0.15, -0.1) is 0 Å². The van der Waals surface area contributed by atoms with Gasteiger partial charge in [0.1, 0.15) is 5.82 Å². The minimum Gasteiger partial charge on any atom is -0.548 e. The summed E-state index contributed by atoms with van der Waals surface area (Å²) in [5, 5.41) is 10.7. The molecule has 0 N–H and O–H groups in total. The Kier molecular flexibility index (Phi) is 3.97. The van der Waals surface area contributed by atoms with Crippen molar-refractivity contribution in [1.29, 1.82) is 0 Å². The van der Waals surface area contributed by atoms with Gasteiger partial charge in [-0.3, -0.25) is 0 Å². The van der Waals surface area contributed by atoms with Crippen LogP contribution in [0, 0.1) is 0 Å². The normalized spacial score (nSPS) is 20.6. The molecule has 0 fully saturated rings. The topological polar surface area (TPSA) is 86.5 Å². The van der Waals surface area contributed by atoms with Gasteiger partial charge in [-0.25, -0.2) is 4.79 Å². The first-order valence-corrected chi connectivity index (χ1v) is 7.60. The minimum atomic E-state index is -4.74. The fraction of sp³-hybridized carbons (Fsp3) is 0.438. The Labute approximate surface area is 139 Å². The van der Waals surface area contributed by atoms with Crippen LogP contribution in [0.3, 0.4) is 0 Å². The van der Waals surface area contributed by atoms with Gasteiger partial charge < -0.3 is 19.2 Å². The van der Waals surface area contributed by atoms with Crippen LogP contribution in [0.2, 0.25) is 0 Å². The third kappa shape index (κ3) is 3.06. The lowest BCUT2D eigenvalue weighted by molar-refractivity contribution is -0.303. The molecule has 2 atom stereocenters. The maximum atomic E-state index is 13.2. The van der Waals surface area contributed by atoms with Gasteiger partial charge in [0.2, 0.25) is 5.71 Å². The quantitative estimate of drug-likeness (QED) is 0.814. The highest BCUT2D eigenvalue weighted by molar-refractivity contribution is 5.82. The van der Waals surface area contributed by atoms with Gasteiger partial charge in [-0.1, -0.05) is 6.92 Å². The third-order valence-corrected chi connectivity index (χ3v) is 4.38. The standard InChI is InChI=1S/C16H15F3N2O4/c1-7-3-8(2)21(6-12(22)23)14-9(7)4-10-11(16(17,18)19)5-13(24)25-15(10)20-14/h4-5,7-8H,3,6H2,1-2H3,(H,22,23)/p-1. The number of nitrogens with zero attached hydrogens (tertiary/aromatic N) is 2. The Morgan fingerprint density at radius 1 is 1.40 bits per heavy atom. The van der Waals surface area contributed by atoms with Gasteiger partial charge in [-0.2, -0.15) is 18.2 Å². The number of carboxylic acid groups (broad SMARTS) is 1. The summed E-state index contributed by atoms with van der Waals surface area (Å²) in [4.78, 5) is 28.0. The molecule has 3 heterocycles. The van der Waals surface area contributed by atoms with Crippen LogP contribution in [-0.4, -0.2) is 23.5 Å². The molecule has 1 aliphatic heterocycles. The van der Waals surface area contributed by atoms with Crippen LogP contribution < -0.4 is 15.6 Å². The number of carboxylic acids is 1. The van der Waals surface area contributed by atoms with E-state index in [1.54, 1.807) is 6.92 Å². The number of alkyl halides is 3. The van der Waals surface area contributed by atoms with Gasteiger partial charge in [0.25, 0.3) is 0 Å². The second-order valence-corrected chi connectivity index (χ2v) is 6.22. The molecule has 2 aromatic heterocycles. The van der Waals surface area contributed by atoms with Gasteiger partial charge in [0.05, 0.1) is 23.5 Å². The molecule has 0 saturated carbocycles. The van der Waals surface area contributed by atoms with E-state index in [9.17, 15) is 27.9 Å². The summed E-state index contributed by atoms with van der Waals surface area (Å²) in [6, 6.07) is 1.47. The van der Waals surface area contributed by atoms with Crippen molar-refractivity contribution in [2.75, 3.05) is 11.4 Å². The fourth-order valence-corrected chi connectivity index (χ4v) is 3.27. The van der Waals surface area contributed by atoms with E-state index in [1.165, 1.54) is 11.0 Å². The number of carbonyl (C=O) groups excluding carboxylic acids is 1. The summed E-state index contributed by atoms with van der Waals surface area (Å²) in [5.74, 6) is -1.27. The van der Waals surface area contributed by atoms with Crippen molar-refractivity contribution in [2.24, 2.45) is 0 Å². The fourth-order valence-electron chi connectivity index (χ4n) is 3.27. The molecule has 0 radical (unpaired) electrons. The van der Waals surface area contributed by atoms with Gasteiger partial charge in [0.15, 0.2) is 0 Å². The van der Waals surface area contributed by atoms with Crippen molar-refractivity contribution in [3.05, 3.63) is 33.7 Å². The highest BCUT2D eigenvalue weighted by Gasteiger charge is 2.36. The Morgan fingerprint density at radius 3 is 2.68 bits per heavy atom. The Hall–Kier alpha value is -2.58. The zero-order valence-electron chi connectivity index (χ0n) is 13.4. The summed E-state index contributed by atoms with van der Waals surface area (Å²) in [6.07, 6.45) is -4.19. The minimum absolute atomic E-state index is 0.132. The molecule has 0 spiro atoms. The van der Waals surface area contributed by atoms with Gasteiger partial charge in [-0.05, 0) is 30.9 Å². The predicted octanol–water partition coefficient (Wildman–Crippen LogP) is 1.66. The number of aliphatic carboxylic acids is 1. The van der Waals surface area contributed by atoms with E-state index in [4.69, 9.17) is 4.42 Å². The summed E-state index contributed by atoms with van der Waals surface area (Å²) in [5.41, 5.74) is -2.28. The zero-order valence-corrected chi connectivity index (χ0v) is 13.4. The summed E-state index contributed by atoms with van der Waals surface area (Å²) in [6.45, 7) is 3.16. The van der Waals surface area contributed by atoms with Crippen LogP contribution in [0.15, 0.2) is 21.3 Å². The van der Waals surface area contributed by atoms with Crippen molar-refractivity contribution < 1.29 is 27.5 Å². The molecule has 9 heteroatoms. The highest BCUT2D eigenvalue weighted by atomic mass is 19.4. The van der Waals surface area contributed by atoms with Crippen LogP contribution in [0.4, 0.5) is 19.0 Å². The number of pyridine rings is 1. The second kappa shape index (κ2) is 5.75. The molecule has 0 aliphatic carbocycles. The molecule has 1 aliphatic rings. The summed E-state index contributed by atoms with van der Waals surface area (Å²) < 4.78 is 44.5. The van der Waals surface area contributed by atoms with E-state index in [0.717, 1.165) is 0 Å². The first-order chi connectivity index (χ1) is 11.6. The van der Waals surface area contributed by atoms with Gasteiger partial charge >= 0.3 is 11.8 Å². The molecule has 0 amide bonds. The Bertz CT molecular complexity index is 907. The number of hydrogen-bond donors (Lipinski definition) is 0. The average Bonchev–Trinajstić information content (AvgIpc) is 2.48. The van der Waals surface area contributed by atoms with E-state index in [-0.39, 0.29) is 23.2 Å². The monoisotopic (exact) mass is 355 g/mol. The van der Waals surface area contributed by atoms with Crippen LogP contribution in [0.1, 0.15) is 37.3 Å². The second-order valence-electron chi connectivity index (χ2n) is 6.22. The van der Waals surface area contributed by atoms with Crippen LogP contribution in [0.25, 0.3) is 11.1 Å². The van der Waals surface area contributed by atoms with E-state index in [1.807, 2.05) is 6.92 Å². The molecule has 2 unspecified atom stereocenters. The molecule has 6 nitrogen and oxygen atoms in total. The molecular weight excluding hydrogens is 341 g/mol. The van der Waals surface area contributed by atoms with E-state index < -0.39 is 35.6 Å². The number of rotatable bonds is 2. The Morgan fingerprint density at radius 2 is 2.08 bits per heavy atom. The molecular formula is C16H14F3N2O4-. The maximum Gasteiger partial charge on any atom is 0.417 e. The lowest BCUT2D eigenvalue weighted by atomic mass is 9.88. The number of hydrogen-bond acceptors (Lipinski definition) is 6. The van der Waals surface area contributed by atoms with Crippen molar-refractivity contribution in [3.8, 4) is 0 Å². The molecule has 3 rings (SSSR count). The zero-order chi connectivity index (χ0) is 18.5. The molecule has 2 aromatic rings. The van der Waals surface area contributed by atoms with E-state index in [2.05, 4.69) is 4.98 Å². The molecule has 134 valence electrons. The summed E-state index contributed by atoms with van der Waals surface area (Å²) >= 11 is 0. The van der Waals surface area contributed by atoms with Crippen molar-refractivity contribution >= 4 is 22.9 Å². The van der Waals surface area contributed by atoms with Crippen LogP contribution in [-0.2, 0) is 11.0 Å². The maximum absolute atomic E-state index is 13.2.